The zero-order valence-corrected chi connectivity index (χ0v) is 10.6. The Hall–Kier alpha value is -0.250. The fourth-order valence-corrected chi connectivity index (χ4v) is 2.38. The lowest BCUT2D eigenvalue weighted by Crippen LogP contribution is -2.26. The van der Waals surface area contributed by atoms with Gasteiger partial charge < -0.3 is 4.74 Å². The van der Waals surface area contributed by atoms with Crippen LogP contribution in [0.4, 0.5) is 4.39 Å². The number of rotatable bonds is 8. The summed E-state index contributed by atoms with van der Waals surface area (Å²) in [7, 11) is 0. The molecule has 15 heavy (non-hydrogen) atoms. The van der Waals surface area contributed by atoms with Gasteiger partial charge in [-0.3, -0.25) is 9.18 Å². The van der Waals surface area contributed by atoms with Crippen LogP contribution >= 0.6 is 11.8 Å². The molecule has 0 spiro atoms. The minimum Gasteiger partial charge on any atom is -0.465 e. The van der Waals surface area contributed by atoms with E-state index in [9.17, 15) is 9.18 Å². The Bertz CT molecular complexity index is 174. The molecule has 2 nitrogen and oxygen atoms in total. The first-order chi connectivity index (χ1) is 7.13. The van der Waals surface area contributed by atoms with Gasteiger partial charge in [-0.25, -0.2) is 0 Å². The number of esters is 1. The third-order valence-electron chi connectivity index (χ3n) is 1.95. The Kier molecular flexibility index (Phi) is 8.86. The van der Waals surface area contributed by atoms with Gasteiger partial charge in [0.25, 0.3) is 0 Å². The number of thioether (sulfide) groups is 1. The summed E-state index contributed by atoms with van der Waals surface area (Å²) in [6, 6.07) is 0. The average molecular weight is 236 g/mol. The van der Waals surface area contributed by atoms with Gasteiger partial charge in [-0.05, 0) is 31.4 Å². The number of halogens is 1. The van der Waals surface area contributed by atoms with Crippen molar-refractivity contribution >= 4 is 17.7 Å². The highest BCUT2D eigenvalue weighted by atomic mass is 32.2. The van der Waals surface area contributed by atoms with E-state index < -0.39 is 0 Å². The lowest BCUT2D eigenvalue weighted by molar-refractivity contribution is -0.143. The molecule has 0 aromatic rings. The van der Waals surface area contributed by atoms with Crippen molar-refractivity contribution in [2.45, 2.75) is 38.9 Å². The highest BCUT2D eigenvalue weighted by molar-refractivity contribution is 8.00. The second kappa shape index (κ2) is 9.01. The van der Waals surface area contributed by atoms with Gasteiger partial charge in [-0.1, -0.05) is 13.8 Å². The van der Waals surface area contributed by atoms with Gasteiger partial charge in [0.05, 0.1) is 13.3 Å². The van der Waals surface area contributed by atoms with E-state index >= 15 is 0 Å². The Labute approximate surface area is 96.0 Å². The van der Waals surface area contributed by atoms with Gasteiger partial charge >= 0.3 is 5.97 Å². The maximum Gasteiger partial charge on any atom is 0.319 e. The maximum absolute atomic E-state index is 11.9. The largest absolute Gasteiger partial charge is 0.465 e. The summed E-state index contributed by atoms with van der Waals surface area (Å²) in [5.41, 5.74) is 0. The Morgan fingerprint density at radius 1 is 1.40 bits per heavy atom. The highest BCUT2D eigenvalue weighted by Crippen LogP contribution is 2.22. The van der Waals surface area contributed by atoms with Gasteiger partial charge in [-0.2, -0.15) is 0 Å². The number of hydrogen-bond donors (Lipinski definition) is 0. The summed E-state index contributed by atoms with van der Waals surface area (Å²) >= 11 is 1.58. The molecule has 4 heteroatoms. The first-order valence-electron chi connectivity index (χ1n) is 5.47. The van der Waals surface area contributed by atoms with Gasteiger partial charge in [0.1, 0.15) is 5.25 Å². The van der Waals surface area contributed by atoms with Crippen molar-refractivity contribution in [1.82, 2.24) is 0 Å². The standard InChI is InChI=1S/C11H21FO2S/c1-4-14-11(13)10(9(2)3)15-8-6-5-7-12/h9-10H,4-8H2,1-3H3. The van der Waals surface area contributed by atoms with E-state index in [1.54, 1.807) is 11.8 Å². The SMILES string of the molecule is CCOC(=O)C(SCCCCF)C(C)C. The van der Waals surface area contributed by atoms with E-state index in [1.165, 1.54) is 0 Å². The molecule has 0 aliphatic heterocycles. The number of carbonyl (C=O) groups is 1. The van der Waals surface area contributed by atoms with Gasteiger partial charge in [0.15, 0.2) is 0 Å². The summed E-state index contributed by atoms with van der Waals surface area (Å²) in [4.78, 5) is 11.5. The predicted molar refractivity (Wildman–Crippen MR) is 62.9 cm³/mol. The topological polar surface area (TPSA) is 26.3 Å². The minimum atomic E-state index is -0.272. The smallest absolute Gasteiger partial charge is 0.319 e. The molecular weight excluding hydrogens is 215 g/mol. The van der Waals surface area contributed by atoms with Crippen molar-refractivity contribution in [2.24, 2.45) is 5.92 Å². The van der Waals surface area contributed by atoms with Crippen LogP contribution in [0.1, 0.15) is 33.6 Å². The van der Waals surface area contributed by atoms with Crippen molar-refractivity contribution < 1.29 is 13.9 Å². The Morgan fingerprint density at radius 2 is 2.07 bits per heavy atom. The molecule has 0 rings (SSSR count). The summed E-state index contributed by atoms with van der Waals surface area (Å²) in [5.74, 6) is 0.947. The minimum absolute atomic E-state index is 0.107. The predicted octanol–water partition coefficient (Wildman–Crippen LogP) is 3.06. The van der Waals surface area contributed by atoms with Crippen LogP contribution in [0.5, 0.6) is 0 Å². The molecule has 1 atom stereocenters. The van der Waals surface area contributed by atoms with E-state index in [0.717, 1.165) is 12.2 Å². The summed E-state index contributed by atoms with van der Waals surface area (Å²) in [6.45, 7) is 5.97. The number of unbranched alkanes of at least 4 members (excludes halogenated alkanes) is 1. The second-order valence-corrected chi connectivity index (χ2v) is 4.93. The lowest BCUT2D eigenvalue weighted by atomic mass is 10.1. The zero-order chi connectivity index (χ0) is 11.7. The van der Waals surface area contributed by atoms with E-state index in [2.05, 4.69) is 0 Å². The van der Waals surface area contributed by atoms with Crippen molar-refractivity contribution in [2.75, 3.05) is 19.0 Å². The van der Waals surface area contributed by atoms with Crippen LogP contribution in [0.15, 0.2) is 0 Å². The van der Waals surface area contributed by atoms with Crippen LogP contribution in [0.3, 0.4) is 0 Å². The van der Waals surface area contributed by atoms with E-state index in [1.807, 2.05) is 20.8 Å². The van der Waals surface area contributed by atoms with Crippen molar-refractivity contribution in [3.8, 4) is 0 Å². The van der Waals surface area contributed by atoms with Gasteiger partial charge in [0.2, 0.25) is 0 Å². The molecular formula is C11H21FO2S. The molecule has 0 bridgehead atoms. The maximum atomic E-state index is 11.9. The Balaban J connectivity index is 3.88. The fourth-order valence-electron chi connectivity index (χ4n) is 1.16. The molecule has 0 saturated carbocycles. The number of carbonyl (C=O) groups excluding carboxylic acids is 1. The highest BCUT2D eigenvalue weighted by Gasteiger charge is 2.23. The molecule has 0 radical (unpaired) electrons. The quantitative estimate of drug-likeness (QED) is 0.478. The molecule has 0 aromatic heterocycles. The van der Waals surface area contributed by atoms with Gasteiger partial charge in [0, 0.05) is 0 Å². The third-order valence-corrected chi connectivity index (χ3v) is 3.57. The molecule has 1 unspecified atom stereocenters. The molecule has 90 valence electrons. The molecule has 0 N–H and O–H groups in total. The van der Waals surface area contributed by atoms with Crippen molar-refractivity contribution in [1.29, 1.82) is 0 Å². The van der Waals surface area contributed by atoms with Crippen LogP contribution in [0.2, 0.25) is 0 Å². The van der Waals surface area contributed by atoms with Gasteiger partial charge in [-0.15, -0.1) is 11.8 Å². The van der Waals surface area contributed by atoms with Crippen LogP contribution in [-0.4, -0.2) is 30.3 Å². The first kappa shape index (κ1) is 14.8. The summed E-state index contributed by atoms with van der Waals surface area (Å²) < 4.78 is 16.8. The normalized spacial score (nSPS) is 12.9. The first-order valence-corrected chi connectivity index (χ1v) is 6.52. The number of alkyl halides is 1. The number of ether oxygens (including phenoxy) is 1. The monoisotopic (exact) mass is 236 g/mol. The second-order valence-electron chi connectivity index (χ2n) is 3.68. The van der Waals surface area contributed by atoms with E-state index in [-0.39, 0.29) is 23.8 Å². The van der Waals surface area contributed by atoms with Crippen molar-refractivity contribution in [3.05, 3.63) is 0 Å². The summed E-state index contributed by atoms with van der Waals surface area (Å²) in [5, 5.41) is -0.107. The van der Waals surface area contributed by atoms with Crippen molar-refractivity contribution in [3.63, 3.8) is 0 Å². The number of hydrogen-bond acceptors (Lipinski definition) is 3. The van der Waals surface area contributed by atoms with E-state index in [4.69, 9.17) is 4.74 Å². The van der Waals surface area contributed by atoms with Crippen LogP contribution in [0.25, 0.3) is 0 Å². The molecule has 0 aliphatic rings. The molecule has 0 amide bonds. The molecule has 0 saturated heterocycles. The van der Waals surface area contributed by atoms with Crippen LogP contribution < -0.4 is 0 Å². The van der Waals surface area contributed by atoms with E-state index in [0.29, 0.717) is 13.0 Å². The Morgan fingerprint density at radius 3 is 2.53 bits per heavy atom. The summed E-state index contributed by atoms with van der Waals surface area (Å²) in [6.07, 6.45) is 1.41. The molecule has 0 aliphatic carbocycles. The fraction of sp³-hybridized carbons (Fsp3) is 0.909. The lowest BCUT2D eigenvalue weighted by Gasteiger charge is -2.18. The molecule has 0 aromatic carbocycles. The van der Waals surface area contributed by atoms with Crippen LogP contribution in [-0.2, 0) is 9.53 Å². The van der Waals surface area contributed by atoms with Crippen LogP contribution in [0, 0.1) is 5.92 Å². The zero-order valence-electron chi connectivity index (χ0n) is 9.79. The molecule has 0 heterocycles. The molecule has 0 fully saturated rings. The third kappa shape index (κ3) is 6.77. The average Bonchev–Trinajstić information content (AvgIpc) is 2.17.